The highest BCUT2D eigenvalue weighted by molar-refractivity contribution is 6.00. The fraction of sp³-hybridized carbons (Fsp3) is 0.366. The van der Waals surface area contributed by atoms with Crippen LogP contribution in [0, 0.1) is 5.82 Å². The van der Waals surface area contributed by atoms with Crippen molar-refractivity contribution in [1.29, 1.82) is 0 Å². The van der Waals surface area contributed by atoms with Gasteiger partial charge in [0.05, 0.1) is 35.3 Å². The lowest BCUT2D eigenvalue weighted by molar-refractivity contribution is -0.135. The molecule has 9 rings (SSSR count). The summed E-state index contributed by atoms with van der Waals surface area (Å²) in [6.07, 6.45) is 9.45. The van der Waals surface area contributed by atoms with E-state index in [-0.39, 0.29) is 23.7 Å². The van der Waals surface area contributed by atoms with E-state index < -0.39 is 6.04 Å². The number of carbonyl (C=O) groups excluding carboxylic acids is 2. The van der Waals surface area contributed by atoms with E-state index in [0.29, 0.717) is 12.8 Å². The Morgan fingerprint density at radius 3 is 2.57 bits per heavy atom. The Morgan fingerprint density at radius 2 is 1.70 bits per heavy atom. The second kappa shape index (κ2) is 14.6. The van der Waals surface area contributed by atoms with E-state index in [1.807, 2.05) is 51.7 Å². The quantitative estimate of drug-likeness (QED) is 0.139. The van der Waals surface area contributed by atoms with Gasteiger partial charge in [0.2, 0.25) is 11.8 Å². The first-order chi connectivity index (χ1) is 26.5. The maximum Gasteiger partial charge on any atom is 0.249 e. The zero-order valence-electron chi connectivity index (χ0n) is 30.1. The summed E-state index contributed by atoms with van der Waals surface area (Å²) in [4.78, 5) is 45.7. The molecule has 3 aliphatic rings. The highest BCUT2D eigenvalue weighted by atomic mass is 19.1. The standard InChI is InChI=1S/C41H43FN10O2/c42-30-10-3-9-29(25-30)32-13-6-20-50(32)38-17-16-36-43-26-35(52(36)47-38)31-11-5-14-37(45-31)49-23-21-48(22-24-49)19-2-1-7-28-8-4-12-33-40(28)44-27-51(33)34-15-18-39(53)46-41(34)54/h3-5,8-12,14,16-17,25-27,32,34H,1-2,6-7,13,15,18-24H2,(H,46,53,54)/t32-,34?/m1/s1. The number of nitrogens with one attached hydrogen (secondary N) is 1. The molecule has 0 spiro atoms. The summed E-state index contributed by atoms with van der Waals surface area (Å²) < 4.78 is 17.9. The molecule has 2 atom stereocenters. The first-order valence-electron chi connectivity index (χ1n) is 19.1. The molecular formula is C41H43FN10O2. The van der Waals surface area contributed by atoms with Crippen LogP contribution in [0.4, 0.5) is 16.0 Å². The van der Waals surface area contributed by atoms with Gasteiger partial charge in [-0.05, 0) is 98.7 Å². The summed E-state index contributed by atoms with van der Waals surface area (Å²) in [5, 5.41) is 7.50. The number of hydrogen-bond donors (Lipinski definition) is 1. The third kappa shape index (κ3) is 6.68. The Balaban J connectivity index is 0.809. The van der Waals surface area contributed by atoms with E-state index in [1.54, 1.807) is 18.5 Å². The highest BCUT2D eigenvalue weighted by Crippen LogP contribution is 2.36. The minimum Gasteiger partial charge on any atom is -0.354 e. The number of para-hydroxylation sites is 1. The number of anilines is 2. The number of halogens is 1. The van der Waals surface area contributed by atoms with Crippen molar-refractivity contribution in [3.8, 4) is 11.4 Å². The fourth-order valence-electron chi connectivity index (χ4n) is 8.40. The summed E-state index contributed by atoms with van der Waals surface area (Å²) in [5.41, 5.74) is 6.47. The zero-order valence-corrected chi connectivity index (χ0v) is 30.1. The van der Waals surface area contributed by atoms with Crippen molar-refractivity contribution in [2.45, 2.75) is 57.0 Å². The zero-order chi connectivity index (χ0) is 36.6. The molecule has 4 aromatic heterocycles. The number of piperidine rings is 1. The molecule has 13 heteroatoms. The molecule has 0 bridgehead atoms. The molecule has 54 heavy (non-hydrogen) atoms. The molecule has 3 fully saturated rings. The number of carbonyl (C=O) groups is 2. The van der Waals surface area contributed by atoms with E-state index in [4.69, 9.17) is 10.1 Å². The third-order valence-electron chi connectivity index (χ3n) is 11.2. The Kier molecular flexibility index (Phi) is 9.23. The maximum atomic E-state index is 14.1. The Labute approximate surface area is 312 Å². The van der Waals surface area contributed by atoms with Gasteiger partial charge in [-0.3, -0.25) is 19.8 Å². The maximum absolute atomic E-state index is 14.1. The summed E-state index contributed by atoms with van der Waals surface area (Å²) >= 11 is 0. The average molecular weight is 727 g/mol. The summed E-state index contributed by atoms with van der Waals surface area (Å²) in [6, 6.07) is 22.9. The molecule has 1 N–H and O–H groups in total. The Hall–Kier alpha value is -5.69. The number of aryl methyl sites for hydroxylation is 1. The van der Waals surface area contributed by atoms with Gasteiger partial charge >= 0.3 is 0 Å². The van der Waals surface area contributed by atoms with Crippen LogP contribution in [0.1, 0.15) is 61.7 Å². The van der Waals surface area contributed by atoms with Gasteiger partial charge in [-0.25, -0.2) is 23.9 Å². The molecule has 7 heterocycles. The average Bonchev–Trinajstić information content (AvgIpc) is 3.96. The molecule has 1 unspecified atom stereocenters. The van der Waals surface area contributed by atoms with E-state index in [0.717, 1.165) is 117 Å². The lowest BCUT2D eigenvalue weighted by Crippen LogP contribution is -2.46. The fourth-order valence-corrected chi connectivity index (χ4v) is 8.40. The van der Waals surface area contributed by atoms with E-state index >= 15 is 0 Å². The Bertz CT molecular complexity index is 2330. The number of benzene rings is 2. The SMILES string of the molecule is O=C1CCC(n2cnc3c(CCCCN4CCN(c5cccc(-c6cnc7ccc(N8CCC[C@@H]8c8cccc(F)c8)nn67)n5)CC4)cccc32)C(=O)N1. The molecule has 2 aromatic carbocycles. The van der Waals surface area contributed by atoms with Crippen LogP contribution >= 0.6 is 0 Å². The predicted octanol–water partition coefficient (Wildman–Crippen LogP) is 5.74. The predicted molar refractivity (Wildman–Crippen MR) is 205 cm³/mol. The highest BCUT2D eigenvalue weighted by Gasteiger charge is 2.30. The number of fused-ring (bicyclic) bond motifs is 2. The number of piperazine rings is 1. The first kappa shape index (κ1) is 34.1. The van der Waals surface area contributed by atoms with Crippen LogP contribution in [0.3, 0.4) is 0 Å². The van der Waals surface area contributed by atoms with Gasteiger partial charge in [-0.1, -0.05) is 30.3 Å². The number of pyridine rings is 1. The lowest BCUT2D eigenvalue weighted by Gasteiger charge is -2.35. The summed E-state index contributed by atoms with van der Waals surface area (Å²) in [7, 11) is 0. The molecular weight excluding hydrogens is 684 g/mol. The molecule has 0 aliphatic carbocycles. The van der Waals surface area contributed by atoms with Crippen molar-refractivity contribution in [3.05, 3.63) is 102 Å². The lowest BCUT2D eigenvalue weighted by atomic mass is 10.0. The molecule has 276 valence electrons. The van der Waals surface area contributed by atoms with E-state index in [9.17, 15) is 14.0 Å². The van der Waals surface area contributed by atoms with Crippen molar-refractivity contribution < 1.29 is 14.0 Å². The van der Waals surface area contributed by atoms with Crippen molar-refractivity contribution in [3.63, 3.8) is 0 Å². The number of imidazole rings is 2. The van der Waals surface area contributed by atoms with Crippen molar-refractivity contribution in [1.82, 2.24) is 39.3 Å². The normalized spacial score (nSPS) is 19.6. The van der Waals surface area contributed by atoms with Gasteiger partial charge in [0.1, 0.15) is 29.2 Å². The second-order valence-electron chi connectivity index (χ2n) is 14.6. The number of nitrogens with zero attached hydrogens (tertiary/aromatic N) is 9. The third-order valence-corrected chi connectivity index (χ3v) is 11.2. The van der Waals surface area contributed by atoms with Crippen molar-refractivity contribution in [2.24, 2.45) is 0 Å². The number of unbranched alkanes of at least 4 members (excludes halogenated alkanes) is 1. The van der Waals surface area contributed by atoms with Gasteiger partial charge in [0.15, 0.2) is 5.65 Å². The van der Waals surface area contributed by atoms with E-state index in [1.165, 1.54) is 11.6 Å². The van der Waals surface area contributed by atoms with E-state index in [2.05, 4.69) is 48.2 Å². The van der Waals surface area contributed by atoms with Gasteiger partial charge in [-0.15, -0.1) is 5.10 Å². The van der Waals surface area contributed by atoms with Crippen LogP contribution in [-0.2, 0) is 16.0 Å². The largest absolute Gasteiger partial charge is 0.354 e. The molecule has 6 aromatic rings. The number of aromatic nitrogens is 6. The van der Waals surface area contributed by atoms with Crippen LogP contribution in [0.25, 0.3) is 28.1 Å². The van der Waals surface area contributed by atoms with Crippen LogP contribution in [0.5, 0.6) is 0 Å². The second-order valence-corrected chi connectivity index (χ2v) is 14.6. The molecule has 3 saturated heterocycles. The molecule has 2 amide bonds. The van der Waals surface area contributed by atoms with Crippen LogP contribution in [0.15, 0.2) is 85.3 Å². The molecule has 0 radical (unpaired) electrons. The first-order valence-corrected chi connectivity index (χ1v) is 19.1. The van der Waals surface area contributed by atoms with Gasteiger partial charge in [0.25, 0.3) is 0 Å². The van der Waals surface area contributed by atoms with Gasteiger partial charge in [0, 0.05) is 39.1 Å². The number of rotatable bonds is 10. The topological polar surface area (TPSA) is 117 Å². The van der Waals surface area contributed by atoms with Gasteiger partial charge < -0.3 is 14.4 Å². The van der Waals surface area contributed by atoms with Crippen molar-refractivity contribution in [2.75, 3.05) is 49.1 Å². The number of hydrogen-bond acceptors (Lipinski definition) is 9. The summed E-state index contributed by atoms with van der Waals surface area (Å²) in [5.74, 6) is 1.12. The van der Waals surface area contributed by atoms with Crippen LogP contribution in [-0.4, -0.2) is 85.1 Å². The molecule has 3 aliphatic heterocycles. The minimum atomic E-state index is -0.404. The molecule has 12 nitrogen and oxygen atoms in total. The Morgan fingerprint density at radius 1 is 0.833 bits per heavy atom. The number of amides is 2. The monoisotopic (exact) mass is 726 g/mol. The number of imide groups is 1. The van der Waals surface area contributed by atoms with Gasteiger partial charge in [-0.2, -0.15) is 0 Å². The minimum absolute atomic E-state index is 0.0805. The molecule has 0 saturated carbocycles. The van der Waals surface area contributed by atoms with Crippen LogP contribution < -0.4 is 15.1 Å². The summed E-state index contributed by atoms with van der Waals surface area (Å²) in [6.45, 7) is 5.65. The smallest absolute Gasteiger partial charge is 0.249 e. The van der Waals surface area contributed by atoms with Crippen LogP contribution in [0.2, 0.25) is 0 Å². The van der Waals surface area contributed by atoms with Crippen molar-refractivity contribution >= 4 is 40.1 Å².